The van der Waals surface area contributed by atoms with Gasteiger partial charge < -0.3 is 21.8 Å². The maximum atomic E-state index is 15.4. The molecule has 4 aromatic rings. The van der Waals surface area contributed by atoms with Crippen LogP contribution in [0.5, 0.6) is 0 Å². The number of nitrogens with one attached hydrogen (secondary N) is 3. The van der Waals surface area contributed by atoms with Gasteiger partial charge in [-0.3, -0.25) is 19.3 Å². The molecule has 0 bridgehead atoms. The molecule has 2 aliphatic rings. The highest BCUT2D eigenvalue weighted by molar-refractivity contribution is 7.98. The van der Waals surface area contributed by atoms with Crippen LogP contribution in [0.15, 0.2) is 52.3 Å². The summed E-state index contributed by atoms with van der Waals surface area (Å²) in [6.07, 6.45) is 13.1. The lowest BCUT2D eigenvalue weighted by Gasteiger charge is -2.43. The smallest absolute Gasteiger partial charge is 0.354 e. The molecule has 1 saturated carbocycles. The Morgan fingerprint density at radius 3 is 2.76 bits per heavy atom. The Labute approximate surface area is 307 Å². The number of benzene rings is 2. The van der Waals surface area contributed by atoms with E-state index >= 15 is 4.39 Å². The summed E-state index contributed by atoms with van der Waals surface area (Å²) in [6.45, 7) is 1.10. The lowest BCUT2D eigenvalue weighted by molar-refractivity contribution is 0.0727. The van der Waals surface area contributed by atoms with Crippen molar-refractivity contribution in [3.63, 3.8) is 0 Å². The molecule has 0 radical (unpaired) electrons. The molecule has 13 heteroatoms. The third-order valence-electron chi connectivity index (χ3n) is 10.4. The standard InChI is InChI=1S/C38H49ClF2N8OS/c1-51-34-20-27(11-12-28(34)33-8-3-6-26(48(33)16-4-14-40)13-15-45-35(44)21-42)49-22-25-19-32(46-37(25)47-38(49)50)29-17-23(18-30(39)36(29)41)5-2-7-31(43)24-9-10-24/h11-12,17-20,22,24,26,31,33H,2-10,13-16,21,42-43H2,1H3,(H2,44,45)(H,46,47,50)/t26-,31+,33-/m0/s1. The Kier molecular flexibility index (Phi) is 12.5. The molecule has 9 nitrogen and oxygen atoms in total. The van der Waals surface area contributed by atoms with Crippen LogP contribution in [0.4, 0.5) is 8.78 Å². The topological polar surface area (TPSA) is 142 Å². The molecule has 0 spiro atoms. The number of alkyl halides is 1. The van der Waals surface area contributed by atoms with Crippen molar-refractivity contribution in [2.24, 2.45) is 17.4 Å². The molecule has 3 atom stereocenters. The van der Waals surface area contributed by atoms with Crippen molar-refractivity contribution in [3.05, 3.63) is 75.0 Å². The van der Waals surface area contributed by atoms with Gasteiger partial charge in [-0.1, -0.05) is 17.7 Å². The number of piperidine rings is 1. The van der Waals surface area contributed by atoms with Crippen LogP contribution in [0.2, 0.25) is 5.02 Å². The van der Waals surface area contributed by atoms with E-state index in [9.17, 15) is 9.18 Å². The highest BCUT2D eigenvalue weighted by Gasteiger charge is 2.32. The van der Waals surface area contributed by atoms with Crippen molar-refractivity contribution in [3.8, 4) is 16.9 Å². The normalized spacial score (nSPS) is 18.7. The maximum Gasteiger partial charge on any atom is 0.354 e. The molecule has 2 fully saturated rings. The number of rotatable bonds is 16. The Hall–Kier alpha value is -3.29. The van der Waals surface area contributed by atoms with Gasteiger partial charge in [-0.25, -0.2) is 9.18 Å². The summed E-state index contributed by atoms with van der Waals surface area (Å²) in [5.74, 6) is 0.438. The van der Waals surface area contributed by atoms with Crippen LogP contribution >= 0.6 is 23.4 Å². The van der Waals surface area contributed by atoms with Crippen LogP contribution in [-0.2, 0) is 6.42 Å². The second-order valence-electron chi connectivity index (χ2n) is 13.9. The number of nitrogens with zero attached hydrogens (tertiary/aromatic N) is 3. The number of hydrogen-bond donors (Lipinski definition) is 5. The van der Waals surface area contributed by atoms with E-state index in [1.54, 1.807) is 30.1 Å². The number of aromatic amines is 1. The number of H-pyrrole nitrogens is 1. The van der Waals surface area contributed by atoms with Gasteiger partial charge in [0.2, 0.25) is 0 Å². The molecular formula is C38H49ClF2N8OS. The van der Waals surface area contributed by atoms with Crippen LogP contribution in [0, 0.1) is 17.1 Å². The number of amidine groups is 1. The molecule has 1 saturated heterocycles. The van der Waals surface area contributed by atoms with Gasteiger partial charge in [-0.2, -0.15) is 4.98 Å². The number of halogens is 3. The largest absolute Gasteiger partial charge is 0.373 e. The summed E-state index contributed by atoms with van der Waals surface area (Å²) >= 11 is 7.98. The van der Waals surface area contributed by atoms with E-state index in [1.807, 2.05) is 24.5 Å². The molecule has 1 aliphatic heterocycles. The predicted octanol–water partition coefficient (Wildman–Crippen LogP) is 7.13. The van der Waals surface area contributed by atoms with Gasteiger partial charge in [0, 0.05) is 53.3 Å². The summed E-state index contributed by atoms with van der Waals surface area (Å²) in [7, 11) is 0. The first-order valence-corrected chi connectivity index (χ1v) is 19.7. The van der Waals surface area contributed by atoms with Crippen molar-refractivity contribution >= 4 is 40.2 Å². The summed E-state index contributed by atoms with van der Waals surface area (Å²) in [4.78, 5) is 24.3. The van der Waals surface area contributed by atoms with Crippen molar-refractivity contribution in [1.29, 1.82) is 5.41 Å². The molecule has 6 rings (SSSR count). The Bertz CT molecular complexity index is 1900. The highest BCUT2D eigenvalue weighted by atomic mass is 35.5. The Morgan fingerprint density at radius 2 is 2.02 bits per heavy atom. The van der Waals surface area contributed by atoms with Gasteiger partial charge in [-0.05, 0) is 118 Å². The van der Waals surface area contributed by atoms with Crippen LogP contribution < -0.4 is 22.5 Å². The zero-order valence-electron chi connectivity index (χ0n) is 29.2. The van der Waals surface area contributed by atoms with Gasteiger partial charge in [0.15, 0.2) is 5.82 Å². The number of likely N-dealkylation sites (tertiary alicyclic amines) is 1. The van der Waals surface area contributed by atoms with Crippen LogP contribution in [0.25, 0.3) is 28.0 Å². The summed E-state index contributed by atoms with van der Waals surface area (Å²) in [5.41, 5.74) is 15.4. The van der Waals surface area contributed by atoms with E-state index in [-0.39, 0.29) is 36.4 Å². The second kappa shape index (κ2) is 17.0. The molecule has 51 heavy (non-hydrogen) atoms. The van der Waals surface area contributed by atoms with E-state index in [1.165, 1.54) is 17.4 Å². The number of nitrogens with two attached hydrogens (primary N) is 2. The van der Waals surface area contributed by atoms with Crippen molar-refractivity contribution in [1.82, 2.24) is 24.8 Å². The molecule has 0 unspecified atom stereocenters. The van der Waals surface area contributed by atoms with Crippen molar-refractivity contribution in [2.75, 3.05) is 32.6 Å². The molecule has 7 N–H and O–H groups in total. The van der Waals surface area contributed by atoms with E-state index in [0.717, 1.165) is 61.0 Å². The van der Waals surface area contributed by atoms with Gasteiger partial charge in [0.1, 0.15) is 11.5 Å². The van der Waals surface area contributed by atoms with Gasteiger partial charge in [0.25, 0.3) is 0 Å². The second-order valence-corrected chi connectivity index (χ2v) is 15.2. The van der Waals surface area contributed by atoms with Crippen LogP contribution in [0.3, 0.4) is 0 Å². The monoisotopic (exact) mass is 738 g/mol. The number of hydrogen-bond acceptors (Lipinski definition) is 7. The zero-order valence-corrected chi connectivity index (χ0v) is 30.8. The van der Waals surface area contributed by atoms with Crippen molar-refractivity contribution in [2.45, 2.75) is 87.2 Å². The maximum absolute atomic E-state index is 15.4. The molecule has 1 aliphatic carbocycles. The minimum absolute atomic E-state index is 0.0566. The lowest BCUT2D eigenvalue weighted by Crippen LogP contribution is -2.44. The summed E-state index contributed by atoms with van der Waals surface area (Å²) in [6, 6.07) is 11.9. The van der Waals surface area contributed by atoms with Gasteiger partial charge in [0.05, 0.1) is 29.6 Å². The molecule has 2 aromatic carbocycles. The fraction of sp³-hybridized carbons (Fsp3) is 0.500. The average Bonchev–Trinajstić information content (AvgIpc) is 3.91. The lowest BCUT2D eigenvalue weighted by atomic mass is 9.89. The van der Waals surface area contributed by atoms with Gasteiger partial charge >= 0.3 is 5.69 Å². The fourth-order valence-corrected chi connectivity index (χ4v) is 8.48. The SMILES string of the molecule is CSc1cc(-n2cc3cc(-c4cc(CCC[C@@H](N)C5CC5)cc(Cl)c4F)[nH]c3nc2=O)ccc1[C@@H]1CCC[C@@H](CCNC(=N)CN)N1CCCF. The van der Waals surface area contributed by atoms with E-state index in [2.05, 4.69) is 26.3 Å². The molecule has 0 amide bonds. The first kappa shape index (κ1) is 37.5. The number of fused-ring (bicyclic) bond motifs is 1. The first-order valence-electron chi connectivity index (χ1n) is 18.1. The fourth-order valence-electron chi connectivity index (χ4n) is 7.56. The number of aromatic nitrogens is 3. The van der Waals surface area contributed by atoms with E-state index in [0.29, 0.717) is 59.2 Å². The highest BCUT2D eigenvalue weighted by Crippen LogP contribution is 2.40. The first-order chi connectivity index (χ1) is 24.7. The minimum Gasteiger partial charge on any atom is -0.373 e. The van der Waals surface area contributed by atoms with Crippen LogP contribution in [0.1, 0.15) is 75.0 Å². The number of thioether (sulfide) groups is 1. The average molecular weight is 739 g/mol. The van der Waals surface area contributed by atoms with Gasteiger partial charge in [-0.15, -0.1) is 11.8 Å². The van der Waals surface area contributed by atoms with Crippen molar-refractivity contribution < 1.29 is 8.78 Å². The summed E-state index contributed by atoms with van der Waals surface area (Å²) < 4.78 is 30.3. The van der Waals surface area contributed by atoms with Crippen LogP contribution in [-0.4, -0.2) is 69.9 Å². The summed E-state index contributed by atoms with van der Waals surface area (Å²) in [5, 5.41) is 11.7. The molecule has 3 heterocycles. The molecule has 274 valence electrons. The van der Waals surface area contributed by atoms with E-state index in [4.69, 9.17) is 28.5 Å². The molecule has 2 aromatic heterocycles. The number of aryl methyl sites for hydroxylation is 1. The minimum atomic E-state index is -0.520. The Morgan fingerprint density at radius 1 is 1.20 bits per heavy atom. The molecular weight excluding hydrogens is 690 g/mol. The predicted molar refractivity (Wildman–Crippen MR) is 205 cm³/mol. The quantitative estimate of drug-likeness (QED) is 0.0468. The third kappa shape index (κ3) is 8.85. The Balaban J connectivity index is 1.25. The zero-order chi connectivity index (χ0) is 36.1. The van der Waals surface area contributed by atoms with E-state index < -0.39 is 11.5 Å². The third-order valence-corrected chi connectivity index (χ3v) is 11.5.